The van der Waals surface area contributed by atoms with Gasteiger partial charge in [0.2, 0.25) is 11.7 Å². The van der Waals surface area contributed by atoms with Crippen molar-refractivity contribution in [1.82, 2.24) is 4.98 Å². The first kappa shape index (κ1) is 25.6. The lowest BCUT2D eigenvalue weighted by atomic mass is 9.99. The van der Waals surface area contributed by atoms with E-state index >= 15 is 0 Å². The number of ether oxygens (including phenoxy) is 2. The number of carbonyl (C=O) groups is 1. The number of benzene rings is 1. The molecule has 0 saturated carbocycles. The van der Waals surface area contributed by atoms with Crippen molar-refractivity contribution >= 4 is 27.3 Å². The van der Waals surface area contributed by atoms with Crippen molar-refractivity contribution in [3.63, 3.8) is 0 Å². The number of pyridine rings is 1. The molecular weight excluding hydrogens is 491 g/mol. The van der Waals surface area contributed by atoms with E-state index in [0.29, 0.717) is 6.07 Å². The van der Waals surface area contributed by atoms with E-state index in [-0.39, 0.29) is 11.4 Å². The molecule has 34 heavy (non-hydrogen) atoms. The van der Waals surface area contributed by atoms with Gasteiger partial charge in [0.25, 0.3) is 10.0 Å². The third-order valence-corrected chi connectivity index (χ3v) is 6.18. The molecule has 2 atom stereocenters. The number of hydrogen-bond donors (Lipinski definition) is 2. The number of sulfonamides is 1. The summed E-state index contributed by atoms with van der Waals surface area (Å²) in [6, 6.07) is 2.16. The van der Waals surface area contributed by atoms with E-state index in [9.17, 15) is 35.2 Å². The maximum Gasteiger partial charge on any atom is 0.419 e. The lowest BCUT2D eigenvalue weighted by molar-refractivity contribution is -0.261. The Balaban J connectivity index is 2.06. The second-order valence-corrected chi connectivity index (χ2v) is 8.88. The maximum absolute atomic E-state index is 14.3. The van der Waals surface area contributed by atoms with Crippen molar-refractivity contribution in [3.8, 4) is 5.75 Å². The summed E-state index contributed by atoms with van der Waals surface area (Å²) in [6.45, 7) is -0.939. The molecule has 15 heteroatoms. The topological polar surface area (TPSA) is 124 Å². The lowest BCUT2D eigenvalue weighted by Gasteiger charge is -2.31. The number of aromatic nitrogens is 1. The van der Waals surface area contributed by atoms with Crippen LogP contribution in [0.4, 0.5) is 33.3 Å². The zero-order chi connectivity index (χ0) is 25.5. The minimum atomic E-state index is -4.93. The number of nitrogens with two attached hydrogens (primary N) is 1. The number of hydrogen-bond acceptors (Lipinski definition) is 7. The maximum atomic E-state index is 14.3. The van der Waals surface area contributed by atoms with Gasteiger partial charge in [0.05, 0.1) is 19.3 Å². The van der Waals surface area contributed by atoms with Crippen molar-refractivity contribution < 1.29 is 44.6 Å². The summed E-state index contributed by atoms with van der Waals surface area (Å²) >= 11 is 0. The van der Waals surface area contributed by atoms with E-state index < -0.39 is 69.1 Å². The monoisotopic (exact) mass is 510 g/mol. The first-order chi connectivity index (χ1) is 15.7. The van der Waals surface area contributed by atoms with E-state index in [1.165, 1.54) is 6.07 Å². The number of alkyl halides is 3. The molecule has 9 nitrogen and oxygen atoms in total. The molecule has 1 aliphatic heterocycles. The molecule has 186 valence electrons. The number of carbonyl (C=O) groups excluding carboxylic acids is 1. The van der Waals surface area contributed by atoms with Gasteiger partial charge in [-0.15, -0.1) is 0 Å². The van der Waals surface area contributed by atoms with Gasteiger partial charge in [-0.1, -0.05) is 0 Å². The molecule has 1 amide bonds. The fraction of sp³-hybridized carbons (Fsp3) is 0.368. The number of amides is 1. The second kappa shape index (κ2) is 8.96. The Hall–Kier alpha value is -3.04. The highest BCUT2D eigenvalue weighted by Crippen LogP contribution is 2.47. The molecule has 2 heterocycles. The zero-order valence-electron chi connectivity index (χ0n) is 17.7. The van der Waals surface area contributed by atoms with Gasteiger partial charge in [-0.2, -0.15) is 17.6 Å². The van der Waals surface area contributed by atoms with Crippen LogP contribution in [0.1, 0.15) is 6.42 Å². The predicted molar refractivity (Wildman–Crippen MR) is 109 cm³/mol. The number of anilines is 2. The Morgan fingerprint density at radius 3 is 2.50 bits per heavy atom. The van der Waals surface area contributed by atoms with Crippen molar-refractivity contribution in [1.29, 1.82) is 0 Å². The van der Waals surface area contributed by atoms with Gasteiger partial charge < -0.3 is 19.7 Å². The predicted octanol–water partition coefficient (Wildman–Crippen LogP) is 2.18. The molecule has 1 aromatic heterocycles. The highest BCUT2D eigenvalue weighted by Gasteiger charge is 2.63. The quantitative estimate of drug-likeness (QED) is 0.571. The van der Waals surface area contributed by atoms with E-state index in [1.807, 2.05) is 0 Å². The molecule has 0 spiro atoms. The molecule has 0 aliphatic carbocycles. The van der Waals surface area contributed by atoms with E-state index in [2.05, 4.69) is 10.3 Å². The van der Waals surface area contributed by atoms with Crippen LogP contribution in [-0.4, -0.2) is 57.9 Å². The first-order valence-electron chi connectivity index (χ1n) is 9.44. The van der Waals surface area contributed by atoms with Crippen LogP contribution in [0.5, 0.6) is 5.75 Å². The average molecular weight is 510 g/mol. The third-order valence-electron chi connectivity index (χ3n) is 5.37. The van der Waals surface area contributed by atoms with Crippen LogP contribution < -0.4 is 20.1 Å². The molecule has 0 bridgehead atoms. The van der Waals surface area contributed by atoms with Crippen molar-refractivity contribution in [2.24, 2.45) is 5.14 Å². The smallest absolute Gasteiger partial charge is 0.419 e. The molecule has 0 radical (unpaired) electrons. The highest BCUT2D eigenvalue weighted by atomic mass is 32.2. The van der Waals surface area contributed by atoms with Crippen LogP contribution in [-0.2, 0) is 19.6 Å². The summed E-state index contributed by atoms with van der Waals surface area (Å²) in [5.74, 6) is -4.47. The summed E-state index contributed by atoms with van der Waals surface area (Å²) in [6.07, 6.45) is -4.82. The summed E-state index contributed by atoms with van der Waals surface area (Å²) in [7, 11) is -2.42. The number of rotatable bonds is 6. The second-order valence-electron chi connectivity index (χ2n) is 7.37. The van der Waals surface area contributed by atoms with Crippen LogP contribution in [0, 0.1) is 11.6 Å². The van der Waals surface area contributed by atoms with Gasteiger partial charge in [0, 0.05) is 31.5 Å². The fourth-order valence-electron chi connectivity index (χ4n) is 3.64. The normalized spacial score (nSPS) is 20.9. The van der Waals surface area contributed by atoms with Crippen LogP contribution >= 0.6 is 0 Å². The van der Waals surface area contributed by atoms with E-state index in [0.717, 1.165) is 37.4 Å². The largest absolute Gasteiger partial charge is 0.491 e. The SMILES string of the molecule is COc1c(N2C[C@](OC)(C(F)(F)F)C[C@@H]2C(=O)Nc2ccnc(S(N)(=O)=O)c2)ccc(F)c1F. The minimum Gasteiger partial charge on any atom is -0.491 e. The van der Waals surface area contributed by atoms with Gasteiger partial charge in [-0.05, 0) is 18.2 Å². The van der Waals surface area contributed by atoms with Gasteiger partial charge in [0.15, 0.2) is 22.2 Å². The number of methoxy groups -OCH3 is 2. The van der Waals surface area contributed by atoms with Gasteiger partial charge in [-0.25, -0.2) is 22.9 Å². The number of primary sulfonamides is 1. The molecule has 3 N–H and O–H groups in total. The standard InChI is InChI=1S/C19H19F5N4O5S/c1-32-16-12(4-3-11(20)15(16)21)28-9-18(33-2,19(22,23)24)8-13(28)17(29)27-10-5-6-26-14(7-10)34(25,30)31/h3-7,13H,8-9H2,1-2H3,(H2,25,30,31)(H,26,27,29)/t13-,18+/m1/s1. The fourth-order valence-corrected chi connectivity index (χ4v) is 4.14. The molecule has 1 fully saturated rings. The summed E-state index contributed by atoms with van der Waals surface area (Å²) in [5.41, 5.74) is -3.26. The number of nitrogens with zero attached hydrogens (tertiary/aromatic N) is 2. The molecule has 3 rings (SSSR count). The Labute approximate surface area is 190 Å². The van der Waals surface area contributed by atoms with Gasteiger partial charge >= 0.3 is 6.18 Å². The van der Waals surface area contributed by atoms with Crippen molar-refractivity contribution in [2.45, 2.75) is 29.3 Å². The van der Waals surface area contributed by atoms with Crippen molar-refractivity contribution in [2.75, 3.05) is 31.0 Å². The Morgan fingerprint density at radius 2 is 1.94 bits per heavy atom. The Kier molecular flexibility index (Phi) is 6.74. The molecule has 1 aromatic carbocycles. The van der Waals surface area contributed by atoms with Crippen LogP contribution in [0.25, 0.3) is 0 Å². The highest BCUT2D eigenvalue weighted by molar-refractivity contribution is 7.89. The average Bonchev–Trinajstić information content (AvgIpc) is 3.16. The number of halogens is 5. The molecule has 0 unspecified atom stereocenters. The molecular formula is C19H19F5N4O5S. The third kappa shape index (κ3) is 4.63. The lowest BCUT2D eigenvalue weighted by Crippen LogP contribution is -2.49. The zero-order valence-corrected chi connectivity index (χ0v) is 18.5. The van der Waals surface area contributed by atoms with Crippen LogP contribution in [0.15, 0.2) is 35.5 Å². The van der Waals surface area contributed by atoms with E-state index in [4.69, 9.17) is 14.6 Å². The number of nitrogens with one attached hydrogen (secondary N) is 1. The van der Waals surface area contributed by atoms with Gasteiger partial charge in [-0.3, -0.25) is 4.79 Å². The van der Waals surface area contributed by atoms with E-state index in [1.54, 1.807) is 0 Å². The van der Waals surface area contributed by atoms with Crippen molar-refractivity contribution in [3.05, 3.63) is 42.1 Å². The molecule has 2 aromatic rings. The molecule has 1 saturated heterocycles. The minimum absolute atomic E-state index is 0.122. The van der Waals surface area contributed by atoms with Crippen LogP contribution in [0.2, 0.25) is 0 Å². The van der Waals surface area contributed by atoms with Crippen LogP contribution in [0.3, 0.4) is 0 Å². The summed E-state index contributed by atoms with van der Waals surface area (Å²) < 4.78 is 102. The first-order valence-corrected chi connectivity index (χ1v) is 11.0. The van der Waals surface area contributed by atoms with Gasteiger partial charge in [0.1, 0.15) is 6.04 Å². The Bertz CT molecular complexity index is 1210. The molecule has 1 aliphatic rings. The Morgan fingerprint density at radius 1 is 1.26 bits per heavy atom. The summed E-state index contributed by atoms with van der Waals surface area (Å²) in [5, 5.41) is 6.72. The summed E-state index contributed by atoms with van der Waals surface area (Å²) in [4.78, 5) is 17.5.